The fourth-order valence-electron chi connectivity index (χ4n) is 2.37. The maximum absolute atomic E-state index is 6.27. The molecule has 0 aliphatic carbocycles. The highest BCUT2D eigenvalue weighted by atomic mass is 35.5. The number of rotatable bonds is 1. The van der Waals surface area contributed by atoms with E-state index in [2.05, 4.69) is 16.0 Å². The van der Waals surface area contributed by atoms with Crippen LogP contribution in [0.4, 0.5) is 0 Å². The average molecular weight is 269 g/mol. The lowest BCUT2D eigenvalue weighted by Crippen LogP contribution is -1.75. The SMILES string of the molecule is Clc1ccnc2[nH]c3ccc(-c4ccco4)cc3c12. The third kappa shape index (κ3) is 1.55. The Morgan fingerprint density at radius 3 is 2.95 bits per heavy atom. The van der Waals surface area contributed by atoms with Crippen LogP contribution in [0, 0.1) is 0 Å². The van der Waals surface area contributed by atoms with Gasteiger partial charge >= 0.3 is 0 Å². The third-order valence-electron chi connectivity index (χ3n) is 3.25. The van der Waals surface area contributed by atoms with Gasteiger partial charge in [0.1, 0.15) is 11.4 Å². The number of hydrogen-bond donors (Lipinski definition) is 1. The van der Waals surface area contributed by atoms with Crippen molar-refractivity contribution in [2.24, 2.45) is 0 Å². The van der Waals surface area contributed by atoms with E-state index in [4.69, 9.17) is 16.0 Å². The molecule has 1 N–H and O–H groups in total. The molecule has 3 heterocycles. The quantitative estimate of drug-likeness (QED) is 0.547. The summed E-state index contributed by atoms with van der Waals surface area (Å²) in [5, 5.41) is 2.71. The van der Waals surface area contributed by atoms with Crippen LogP contribution < -0.4 is 0 Å². The highest BCUT2D eigenvalue weighted by Crippen LogP contribution is 2.33. The predicted molar refractivity (Wildman–Crippen MR) is 76.3 cm³/mol. The summed E-state index contributed by atoms with van der Waals surface area (Å²) in [6.07, 6.45) is 3.37. The molecule has 4 rings (SSSR count). The second-order valence-corrected chi connectivity index (χ2v) is 4.79. The Bertz CT molecular complexity index is 878. The molecule has 4 heteroatoms. The molecular weight excluding hydrogens is 260 g/mol. The van der Waals surface area contributed by atoms with Crippen molar-refractivity contribution in [2.75, 3.05) is 0 Å². The van der Waals surface area contributed by atoms with E-state index in [0.29, 0.717) is 5.02 Å². The number of aromatic amines is 1. The predicted octanol–water partition coefficient (Wildman–Crippen LogP) is 4.63. The number of aromatic nitrogens is 2. The number of nitrogens with zero attached hydrogens (tertiary/aromatic N) is 1. The lowest BCUT2D eigenvalue weighted by atomic mass is 10.1. The minimum absolute atomic E-state index is 0.702. The molecule has 0 aliphatic rings. The van der Waals surface area contributed by atoms with E-state index in [1.165, 1.54) is 0 Å². The van der Waals surface area contributed by atoms with Gasteiger partial charge in [0.25, 0.3) is 0 Å². The van der Waals surface area contributed by atoms with E-state index in [1.54, 1.807) is 18.5 Å². The van der Waals surface area contributed by atoms with Crippen LogP contribution in [0.15, 0.2) is 53.3 Å². The topological polar surface area (TPSA) is 41.8 Å². The second kappa shape index (κ2) is 3.87. The number of H-pyrrole nitrogens is 1. The van der Waals surface area contributed by atoms with Crippen LogP contribution in [0.2, 0.25) is 5.02 Å². The van der Waals surface area contributed by atoms with E-state index in [9.17, 15) is 0 Å². The van der Waals surface area contributed by atoms with E-state index >= 15 is 0 Å². The zero-order valence-electron chi connectivity index (χ0n) is 9.85. The molecule has 4 aromatic rings. The first-order chi connectivity index (χ1) is 9.33. The minimum atomic E-state index is 0.702. The van der Waals surface area contributed by atoms with Crippen molar-refractivity contribution in [3.63, 3.8) is 0 Å². The molecular formula is C15H9ClN2O. The van der Waals surface area contributed by atoms with Crippen LogP contribution in [0.3, 0.4) is 0 Å². The van der Waals surface area contributed by atoms with Gasteiger partial charge in [0.2, 0.25) is 0 Å². The number of fused-ring (bicyclic) bond motifs is 3. The van der Waals surface area contributed by atoms with Crippen LogP contribution >= 0.6 is 11.6 Å². The van der Waals surface area contributed by atoms with E-state index in [1.807, 2.05) is 24.3 Å². The highest BCUT2D eigenvalue weighted by molar-refractivity contribution is 6.37. The fraction of sp³-hybridized carbons (Fsp3) is 0. The van der Waals surface area contributed by atoms with E-state index < -0.39 is 0 Å². The lowest BCUT2D eigenvalue weighted by molar-refractivity contribution is 0.582. The number of nitrogens with one attached hydrogen (secondary N) is 1. The van der Waals surface area contributed by atoms with Crippen molar-refractivity contribution < 1.29 is 4.42 Å². The zero-order valence-corrected chi connectivity index (χ0v) is 10.6. The smallest absolute Gasteiger partial charge is 0.139 e. The summed E-state index contributed by atoms with van der Waals surface area (Å²) in [6, 6.07) is 11.7. The van der Waals surface area contributed by atoms with Gasteiger partial charge < -0.3 is 9.40 Å². The summed E-state index contributed by atoms with van der Waals surface area (Å²) < 4.78 is 5.43. The van der Waals surface area contributed by atoms with Gasteiger partial charge in [0.05, 0.1) is 11.3 Å². The third-order valence-corrected chi connectivity index (χ3v) is 3.56. The Morgan fingerprint density at radius 1 is 1.16 bits per heavy atom. The first kappa shape index (κ1) is 10.6. The molecule has 0 saturated carbocycles. The normalized spacial score (nSPS) is 11.4. The average Bonchev–Trinajstić information content (AvgIpc) is 3.05. The standard InChI is InChI=1S/C15H9ClN2O/c16-11-5-6-17-15-14(11)10-8-9(3-4-12(10)18-15)13-2-1-7-19-13/h1-8H,(H,17,18). The zero-order chi connectivity index (χ0) is 12.8. The van der Waals surface area contributed by atoms with Crippen molar-refractivity contribution in [1.29, 1.82) is 0 Å². The maximum Gasteiger partial charge on any atom is 0.139 e. The van der Waals surface area contributed by atoms with Crippen LogP contribution in [-0.4, -0.2) is 9.97 Å². The fourth-order valence-corrected chi connectivity index (χ4v) is 2.62. The van der Waals surface area contributed by atoms with Crippen molar-refractivity contribution >= 4 is 33.5 Å². The van der Waals surface area contributed by atoms with Crippen LogP contribution in [-0.2, 0) is 0 Å². The number of pyridine rings is 1. The van der Waals surface area contributed by atoms with Crippen molar-refractivity contribution in [3.8, 4) is 11.3 Å². The van der Waals surface area contributed by atoms with Crippen LogP contribution in [0.5, 0.6) is 0 Å². The minimum Gasteiger partial charge on any atom is -0.464 e. The highest BCUT2D eigenvalue weighted by Gasteiger charge is 2.10. The molecule has 0 atom stereocenters. The second-order valence-electron chi connectivity index (χ2n) is 4.38. The molecule has 0 aliphatic heterocycles. The molecule has 0 bridgehead atoms. The van der Waals surface area contributed by atoms with Crippen LogP contribution in [0.1, 0.15) is 0 Å². The number of halogens is 1. The molecule has 0 unspecified atom stereocenters. The molecule has 0 saturated heterocycles. The van der Waals surface area contributed by atoms with E-state index in [-0.39, 0.29) is 0 Å². The Labute approximate surface area is 113 Å². The molecule has 92 valence electrons. The number of hydrogen-bond acceptors (Lipinski definition) is 2. The largest absolute Gasteiger partial charge is 0.464 e. The first-order valence-corrected chi connectivity index (χ1v) is 6.30. The molecule has 3 aromatic heterocycles. The summed E-state index contributed by atoms with van der Waals surface area (Å²) in [4.78, 5) is 7.57. The van der Waals surface area contributed by atoms with Crippen molar-refractivity contribution in [2.45, 2.75) is 0 Å². The van der Waals surface area contributed by atoms with Gasteiger partial charge in [0, 0.05) is 28.0 Å². The van der Waals surface area contributed by atoms with Gasteiger partial charge in [-0.25, -0.2) is 4.98 Å². The molecule has 1 aromatic carbocycles. The first-order valence-electron chi connectivity index (χ1n) is 5.93. The number of furan rings is 1. The number of benzene rings is 1. The van der Waals surface area contributed by atoms with Gasteiger partial charge in [-0.05, 0) is 36.4 Å². The van der Waals surface area contributed by atoms with Crippen LogP contribution in [0.25, 0.3) is 33.3 Å². The Balaban J connectivity index is 2.10. The van der Waals surface area contributed by atoms with E-state index in [0.717, 1.165) is 33.3 Å². The molecule has 0 spiro atoms. The van der Waals surface area contributed by atoms with Gasteiger partial charge in [-0.15, -0.1) is 0 Å². The Kier molecular flexibility index (Phi) is 2.17. The summed E-state index contributed by atoms with van der Waals surface area (Å²) in [6.45, 7) is 0. The molecule has 0 amide bonds. The van der Waals surface area contributed by atoms with Gasteiger partial charge in [0.15, 0.2) is 0 Å². The van der Waals surface area contributed by atoms with Crippen molar-refractivity contribution in [3.05, 3.63) is 53.9 Å². The summed E-state index contributed by atoms with van der Waals surface area (Å²) >= 11 is 6.27. The lowest BCUT2D eigenvalue weighted by Gasteiger charge is -1.98. The molecule has 0 radical (unpaired) electrons. The molecule has 3 nitrogen and oxygen atoms in total. The molecule has 0 fully saturated rings. The van der Waals surface area contributed by atoms with Gasteiger partial charge in [-0.2, -0.15) is 0 Å². The monoisotopic (exact) mass is 268 g/mol. The van der Waals surface area contributed by atoms with Gasteiger partial charge in [-0.3, -0.25) is 0 Å². The summed E-state index contributed by atoms with van der Waals surface area (Å²) in [5.41, 5.74) is 2.85. The maximum atomic E-state index is 6.27. The Hall–Kier alpha value is -2.26. The summed E-state index contributed by atoms with van der Waals surface area (Å²) in [7, 11) is 0. The molecule has 19 heavy (non-hydrogen) atoms. The summed E-state index contributed by atoms with van der Waals surface area (Å²) in [5.74, 6) is 0.844. The van der Waals surface area contributed by atoms with Gasteiger partial charge in [-0.1, -0.05) is 11.6 Å². The van der Waals surface area contributed by atoms with Crippen molar-refractivity contribution in [1.82, 2.24) is 9.97 Å². The Morgan fingerprint density at radius 2 is 2.11 bits per heavy atom.